The van der Waals surface area contributed by atoms with Gasteiger partial charge in [0.05, 0.1) is 5.52 Å². The molecule has 1 aliphatic heterocycles. The van der Waals surface area contributed by atoms with Crippen LogP contribution < -0.4 is 4.90 Å². The number of fused-ring (bicyclic) bond motifs is 3. The summed E-state index contributed by atoms with van der Waals surface area (Å²) < 4.78 is 1.81. The summed E-state index contributed by atoms with van der Waals surface area (Å²) in [5.74, 6) is 1.26. The van der Waals surface area contributed by atoms with Gasteiger partial charge in [-0.1, -0.05) is 50.0 Å². The van der Waals surface area contributed by atoms with E-state index in [-0.39, 0.29) is 18.1 Å². The van der Waals surface area contributed by atoms with Crippen molar-refractivity contribution in [2.24, 2.45) is 0 Å². The highest BCUT2D eigenvalue weighted by atomic mass is 35.5. The first-order valence-corrected chi connectivity index (χ1v) is 13.1. The Kier molecular flexibility index (Phi) is 6.98. The summed E-state index contributed by atoms with van der Waals surface area (Å²) in [5, 5.41) is 19.2. The van der Waals surface area contributed by atoms with Gasteiger partial charge in [-0.3, -0.25) is 9.30 Å². The zero-order valence-corrected chi connectivity index (χ0v) is 22.1. The molecule has 36 heavy (non-hydrogen) atoms. The summed E-state index contributed by atoms with van der Waals surface area (Å²) >= 11 is 13.3. The maximum absolute atomic E-state index is 9.52. The van der Waals surface area contributed by atoms with Crippen molar-refractivity contribution < 1.29 is 0 Å². The van der Waals surface area contributed by atoms with E-state index < -0.39 is 0 Å². The first-order valence-electron chi connectivity index (χ1n) is 12.4. The van der Waals surface area contributed by atoms with E-state index in [1.165, 1.54) is 0 Å². The Morgan fingerprint density at radius 1 is 1.03 bits per heavy atom. The molecule has 186 valence electrons. The largest absolute Gasteiger partial charge is 0.349 e. The van der Waals surface area contributed by atoms with Crippen LogP contribution in [-0.4, -0.2) is 54.6 Å². The lowest BCUT2D eigenvalue weighted by atomic mass is 9.94. The number of hydrogen-bond donors (Lipinski definition) is 0. The molecule has 0 unspecified atom stereocenters. The molecular formula is C26H28Cl2N8. The van der Waals surface area contributed by atoms with E-state index in [1.807, 2.05) is 28.7 Å². The van der Waals surface area contributed by atoms with Crippen LogP contribution in [0.2, 0.25) is 10.0 Å². The Balaban J connectivity index is 1.60. The smallest absolute Gasteiger partial charge is 0.257 e. The predicted octanol–water partition coefficient (Wildman–Crippen LogP) is 5.68. The SMILES string of the molecule is CC[C@H]1CN([C@H](CC)c2c(Cl)cccc2Cl)[C@H](CC)CN1c1nc2nncn2c2ccc(C#N)nc12. The van der Waals surface area contributed by atoms with Gasteiger partial charge in [0.15, 0.2) is 5.82 Å². The molecular weight excluding hydrogens is 495 g/mol. The number of pyridine rings is 1. The molecule has 1 saturated heterocycles. The van der Waals surface area contributed by atoms with E-state index >= 15 is 0 Å². The van der Waals surface area contributed by atoms with Crippen LogP contribution in [0.3, 0.4) is 0 Å². The minimum atomic E-state index is 0.111. The Bertz CT molecular complexity index is 1430. The summed E-state index contributed by atoms with van der Waals surface area (Å²) in [4.78, 5) is 14.5. The number of benzene rings is 1. The quantitative estimate of drug-likeness (QED) is 0.321. The van der Waals surface area contributed by atoms with Crippen LogP contribution in [0, 0.1) is 11.3 Å². The van der Waals surface area contributed by atoms with Crippen molar-refractivity contribution in [3.63, 3.8) is 0 Å². The number of nitrogens with zero attached hydrogens (tertiary/aromatic N) is 8. The molecule has 4 heterocycles. The highest BCUT2D eigenvalue weighted by Crippen LogP contribution is 2.40. The number of piperazine rings is 1. The van der Waals surface area contributed by atoms with Crippen LogP contribution in [0.25, 0.3) is 16.8 Å². The summed E-state index contributed by atoms with van der Waals surface area (Å²) in [6.07, 6.45) is 4.40. The highest BCUT2D eigenvalue weighted by Gasteiger charge is 2.38. The molecule has 0 radical (unpaired) electrons. The van der Waals surface area contributed by atoms with Crippen molar-refractivity contribution in [1.82, 2.24) is 29.5 Å². The van der Waals surface area contributed by atoms with Crippen LogP contribution in [0.5, 0.6) is 0 Å². The number of nitriles is 1. The number of anilines is 1. The van der Waals surface area contributed by atoms with Crippen LogP contribution in [0.1, 0.15) is 57.3 Å². The lowest BCUT2D eigenvalue weighted by molar-refractivity contribution is 0.0897. The van der Waals surface area contributed by atoms with E-state index in [1.54, 1.807) is 12.4 Å². The molecule has 1 aliphatic rings. The third kappa shape index (κ3) is 4.15. The third-order valence-electron chi connectivity index (χ3n) is 7.27. The average molecular weight is 523 g/mol. The molecule has 0 aliphatic carbocycles. The fourth-order valence-corrected chi connectivity index (χ4v) is 6.11. The van der Waals surface area contributed by atoms with Crippen LogP contribution >= 0.6 is 23.2 Å². The van der Waals surface area contributed by atoms with Crippen molar-refractivity contribution in [3.05, 3.63) is 58.0 Å². The second kappa shape index (κ2) is 10.2. The molecule has 3 atom stereocenters. The second-order valence-corrected chi connectivity index (χ2v) is 9.96. The molecule has 3 aromatic heterocycles. The lowest BCUT2D eigenvalue weighted by Crippen LogP contribution is -2.59. The Labute approximate surface area is 220 Å². The van der Waals surface area contributed by atoms with Crippen molar-refractivity contribution in [1.29, 1.82) is 5.26 Å². The lowest BCUT2D eigenvalue weighted by Gasteiger charge is -2.50. The predicted molar refractivity (Wildman–Crippen MR) is 143 cm³/mol. The molecule has 0 amide bonds. The fourth-order valence-electron chi connectivity index (χ4n) is 5.46. The van der Waals surface area contributed by atoms with Crippen molar-refractivity contribution in [3.8, 4) is 6.07 Å². The molecule has 8 nitrogen and oxygen atoms in total. The standard InChI is InChI=1S/C26H28Cl2N8/c1-4-17-14-35(18(5-2)13-34(17)21(6-3)23-19(27)8-7-9-20(23)28)25-24-22(11-10-16(12-29)31-24)36-15-30-33-26(36)32-25/h7-11,15,17-18,21H,4-6,13-14H2,1-3H3/t17-,18+,21-/m1/s1. The number of halogens is 2. The van der Waals surface area contributed by atoms with E-state index in [0.29, 0.717) is 27.0 Å². The van der Waals surface area contributed by atoms with E-state index in [2.05, 4.69) is 51.8 Å². The van der Waals surface area contributed by atoms with Gasteiger partial charge in [0, 0.05) is 46.8 Å². The van der Waals surface area contributed by atoms with Gasteiger partial charge in [0.1, 0.15) is 23.6 Å². The molecule has 0 N–H and O–H groups in total. The van der Waals surface area contributed by atoms with E-state index in [4.69, 9.17) is 28.2 Å². The summed E-state index contributed by atoms with van der Waals surface area (Å²) in [5.41, 5.74) is 2.87. The first-order chi connectivity index (χ1) is 17.5. The normalized spacial score (nSPS) is 19.6. The molecule has 1 aromatic carbocycles. The zero-order chi connectivity index (χ0) is 25.4. The van der Waals surface area contributed by atoms with Gasteiger partial charge in [-0.2, -0.15) is 10.2 Å². The molecule has 0 spiro atoms. The Morgan fingerprint density at radius 2 is 1.78 bits per heavy atom. The Hall–Kier alpha value is -2.99. The third-order valence-corrected chi connectivity index (χ3v) is 7.93. The molecule has 0 saturated carbocycles. The zero-order valence-electron chi connectivity index (χ0n) is 20.6. The van der Waals surface area contributed by atoms with Crippen LogP contribution in [0.4, 0.5) is 5.82 Å². The minimum absolute atomic E-state index is 0.111. The highest BCUT2D eigenvalue weighted by molar-refractivity contribution is 6.36. The van der Waals surface area contributed by atoms with Gasteiger partial charge in [-0.25, -0.2) is 4.98 Å². The molecule has 0 bridgehead atoms. The number of rotatable bonds is 6. The fraction of sp³-hybridized carbons (Fsp3) is 0.423. The summed E-state index contributed by atoms with van der Waals surface area (Å²) in [7, 11) is 0. The van der Waals surface area contributed by atoms with Crippen LogP contribution in [0.15, 0.2) is 36.7 Å². The van der Waals surface area contributed by atoms with E-state index in [9.17, 15) is 5.26 Å². The second-order valence-electron chi connectivity index (χ2n) is 9.15. The maximum atomic E-state index is 9.52. The van der Waals surface area contributed by atoms with E-state index in [0.717, 1.165) is 49.2 Å². The summed E-state index contributed by atoms with van der Waals surface area (Å²) in [6, 6.07) is 12.0. The van der Waals surface area contributed by atoms with Crippen molar-refractivity contribution >= 4 is 45.8 Å². The molecule has 1 fully saturated rings. The van der Waals surface area contributed by atoms with Crippen LogP contribution in [-0.2, 0) is 0 Å². The Morgan fingerprint density at radius 3 is 2.44 bits per heavy atom. The molecule has 4 aromatic rings. The molecule has 5 rings (SSSR count). The van der Waals surface area contributed by atoms with Gasteiger partial charge >= 0.3 is 0 Å². The van der Waals surface area contributed by atoms with Gasteiger partial charge in [-0.15, -0.1) is 10.2 Å². The topological polar surface area (TPSA) is 86.2 Å². The summed E-state index contributed by atoms with van der Waals surface area (Å²) in [6.45, 7) is 8.18. The number of hydrogen-bond acceptors (Lipinski definition) is 7. The molecule has 10 heteroatoms. The van der Waals surface area contributed by atoms with Gasteiger partial charge in [0.25, 0.3) is 5.78 Å². The van der Waals surface area contributed by atoms with Gasteiger partial charge < -0.3 is 4.90 Å². The minimum Gasteiger partial charge on any atom is -0.349 e. The van der Waals surface area contributed by atoms with Crippen molar-refractivity contribution in [2.75, 3.05) is 18.0 Å². The average Bonchev–Trinajstić information content (AvgIpc) is 3.38. The maximum Gasteiger partial charge on any atom is 0.257 e. The van der Waals surface area contributed by atoms with Gasteiger partial charge in [-0.05, 0) is 43.5 Å². The first kappa shape index (κ1) is 24.7. The monoisotopic (exact) mass is 522 g/mol. The number of aromatic nitrogens is 5. The van der Waals surface area contributed by atoms with Gasteiger partial charge in [0.2, 0.25) is 0 Å². The van der Waals surface area contributed by atoms with Crippen molar-refractivity contribution in [2.45, 2.75) is 58.2 Å².